The van der Waals surface area contributed by atoms with Gasteiger partial charge in [-0.1, -0.05) is 0 Å². The van der Waals surface area contributed by atoms with Crippen LogP contribution in [-0.4, -0.2) is 64.2 Å². The Kier molecular flexibility index (Phi) is 5.22. The largest absolute Gasteiger partial charge is 0.369 e. The van der Waals surface area contributed by atoms with Gasteiger partial charge in [-0.05, 0) is 42.6 Å². The first-order valence-corrected chi connectivity index (χ1v) is 8.26. The number of carbonyl (C=O) groups excluding carboxylic acids is 1. The quantitative estimate of drug-likeness (QED) is 0.846. The number of anilines is 1. The standard InChI is InChI=1S/C16H22FN7O/c1-12(19-16(25)10-24-11-18-20-21-24)14-9-13(17)3-4-15(14)23-7-5-22(2)6-8-23/h3-4,9,11-12H,5-8,10H2,1-2H3,(H,19,25)/t12-/m1/s1. The van der Waals surface area contributed by atoms with E-state index < -0.39 is 0 Å². The normalized spacial score (nSPS) is 16.7. The molecule has 1 aliphatic rings. The number of piperazine rings is 1. The number of tetrazole rings is 1. The Labute approximate surface area is 145 Å². The average Bonchev–Trinajstić information content (AvgIpc) is 3.08. The molecule has 0 bridgehead atoms. The van der Waals surface area contributed by atoms with Gasteiger partial charge in [0.25, 0.3) is 0 Å². The van der Waals surface area contributed by atoms with Crippen LogP contribution >= 0.6 is 0 Å². The summed E-state index contributed by atoms with van der Waals surface area (Å²) in [5.74, 6) is -0.539. The molecule has 25 heavy (non-hydrogen) atoms. The Morgan fingerprint density at radius 3 is 2.76 bits per heavy atom. The maximum atomic E-state index is 13.8. The Hall–Kier alpha value is -2.55. The van der Waals surface area contributed by atoms with Gasteiger partial charge in [-0.3, -0.25) is 4.79 Å². The predicted molar refractivity (Wildman–Crippen MR) is 90.5 cm³/mol. The van der Waals surface area contributed by atoms with Crippen molar-refractivity contribution >= 4 is 11.6 Å². The molecule has 0 radical (unpaired) electrons. The van der Waals surface area contributed by atoms with Crippen molar-refractivity contribution < 1.29 is 9.18 Å². The zero-order chi connectivity index (χ0) is 17.8. The van der Waals surface area contributed by atoms with Crippen LogP contribution in [-0.2, 0) is 11.3 Å². The van der Waals surface area contributed by atoms with Crippen LogP contribution in [0.25, 0.3) is 0 Å². The third kappa shape index (κ3) is 4.30. The van der Waals surface area contributed by atoms with Crippen LogP contribution in [0.5, 0.6) is 0 Å². The number of likely N-dealkylation sites (N-methyl/N-ethyl adjacent to an activating group) is 1. The third-order valence-corrected chi connectivity index (χ3v) is 4.37. The van der Waals surface area contributed by atoms with E-state index in [4.69, 9.17) is 0 Å². The maximum absolute atomic E-state index is 13.8. The van der Waals surface area contributed by atoms with Crippen molar-refractivity contribution in [1.82, 2.24) is 30.4 Å². The lowest BCUT2D eigenvalue weighted by Gasteiger charge is -2.36. The molecule has 0 saturated carbocycles. The van der Waals surface area contributed by atoms with Crippen molar-refractivity contribution in [3.63, 3.8) is 0 Å². The number of nitrogens with zero attached hydrogens (tertiary/aromatic N) is 6. The molecule has 134 valence electrons. The minimum Gasteiger partial charge on any atom is -0.369 e. The minimum absolute atomic E-state index is 0.0243. The molecule has 1 aliphatic heterocycles. The van der Waals surface area contributed by atoms with E-state index in [1.807, 2.05) is 6.92 Å². The molecule has 1 amide bonds. The highest BCUT2D eigenvalue weighted by molar-refractivity contribution is 5.76. The van der Waals surface area contributed by atoms with Crippen LogP contribution < -0.4 is 10.2 Å². The van der Waals surface area contributed by atoms with Crippen LogP contribution in [0, 0.1) is 5.82 Å². The van der Waals surface area contributed by atoms with Crippen molar-refractivity contribution in [2.24, 2.45) is 0 Å². The zero-order valence-electron chi connectivity index (χ0n) is 14.4. The number of carbonyl (C=O) groups is 1. The molecule has 8 nitrogen and oxygen atoms in total. The summed E-state index contributed by atoms with van der Waals surface area (Å²) >= 11 is 0. The van der Waals surface area contributed by atoms with Crippen LogP contribution in [0.1, 0.15) is 18.5 Å². The maximum Gasteiger partial charge on any atom is 0.242 e. The molecule has 2 aromatic rings. The lowest BCUT2D eigenvalue weighted by Crippen LogP contribution is -2.45. The summed E-state index contributed by atoms with van der Waals surface area (Å²) in [6.07, 6.45) is 1.38. The predicted octanol–water partition coefficient (Wildman–Crippen LogP) is 0.441. The molecule has 0 spiro atoms. The fraction of sp³-hybridized carbons (Fsp3) is 0.500. The first-order valence-electron chi connectivity index (χ1n) is 8.26. The van der Waals surface area contributed by atoms with Gasteiger partial charge >= 0.3 is 0 Å². The van der Waals surface area contributed by atoms with Crippen molar-refractivity contribution in [1.29, 1.82) is 0 Å². The van der Waals surface area contributed by atoms with E-state index in [1.165, 1.54) is 23.1 Å². The number of benzene rings is 1. The summed E-state index contributed by atoms with van der Waals surface area (Å²) in [5, 5.41) is 13.6. The van der Waals surface area contributed by atoms with Crippen molar-refractivity contribution in [2.75, 3.05) is 38.1 Å². The van der Waals surface area contributed by atoms with Crippen LogP contribution in [0.4, 0.5) is 10.1 Å². The number of aromatic nitrogens is 4. The Balaban J connectivity index is 1.73. The van der Waals surface area contributed by atoms with Crippen molar-refractivity contribution in [2.45, 2.75) is 19.5 Å². The average molecular weight is 347 g/mol. The van der Waals surface area contributed by atoms with E-state index in [0.717, 1.165) is 37.4 Å². The second kappa shape index (κ2) is 7.56. The molecule has 0 aliphatic carbocycles. The van der Waals surface area contributed by atoms with Crippen LogP contribution in [0.15, 0.2) is 24.5 Å². The van der Waals surface area contributed by atoms with Gasteiger partial charge in [0.2, 0.25) is 5.91 Å². The molecule has 1 aromatic heterocycles. The molecule has 1 fully saturated rings. The molecule has 1 aromatic carbocycles. The Morgan fingerprint density at radius 2 is 2.08 bits per heavy atom. The monoisotopic (exact) mass is 347 g/mol. The number of hydrogen-bond donors (Lipinski definition) is 1. The Morgan fingerprint density at radius 1 is 1.32 bits per heavy atom. The number of nitrogens with one attached hydrogen (secondary N) is 1. The number of hydrogen-bond acceptors (Lipinski definition) is 6. The highest BCUT2D eigenvalue weighted by Gasteiger charge is 2.21. The SMILES string of the molecule is C[C@@H](NC(=O)Cn1cnnn1)c1cc(F)ccc1N1CCN(C)CC1. The molecule has 1 saturated heterocycles. The highest BCUT2D eigenvalue weighted by Crippen LogP contribution is 2.28. The van der Waals surface area contributed by atoms with Gasteiger partial charge in [0, 0.05) is 37.4 Å². The molecular formula is C16H22FN7O. The second-order valence-corrected chi connectivity index (χ2v) is 6.29. The Bertz CT molecular complexity index is 713. The summed E-state index contributed by atoms with van der Waals surface area (Å²) in [6, 6.07) is 4.43. The van der Waals surface area contributed by atoms with E-state index in [2.05, 4.69) is 37.7 Å². The van der Waals surface area contributed by atoms with Gasteiger partial charge in [0.1, 0.15) is 18.7 Å². The van der Waals surface area contributed by atoms with Crippen LogP contribution in [0.2, 0.25) is 0 Å². The van der Waals surface area contributed by atoms with E-state index in [0.29, 0.717) is 0 Å². The van der Waals surface area contributed by atoms with Gasteiger partial charge in [0.05, 0.1) is 6.04 Å². The van der Waals surface area contributed by atoms with Gasteiger partial charge in [0.15, 0.2) is 0 Å². The molecule has 2 heterocycles. The summed E-state index contributed by atoms with van der Waals surface area (Å²) in [4.78, 5) is 16.7. The van der Waals surface area contributed by atoms with E-state index in [1.54, 1.807) is 6.07 Å². The molecule has 0 unspecified atom stereocenters. The van der Waals surface area contributed by atoms with Crippen LogP contribution in [0.3, 0.4) is 0 Å². The number of halogens is 1. The molecule has 1 atom stereocenters. The summed E-state index contributed by atoms with van der Waals surface area (Å²) in [6.45, 7) is 5.54. The molecule has 9 heteroatoms. The molecular weight excluding hydrogens is 325 g/mol. The van der Waals surface area contributed by atoms with Gasteiger partial charge < -0.3 is 15.1 Å². The number of amides is 1. The minimum atomic E-state index is -0.325. The summed E-state index contributed by atoms with van der Waals surface area (Å²) in [5.41, 5.74) is 1.74. The van der Waals surface area contributed by atoms with E-state index in [9.17, 15) is 9.18 Å². The zero-order valence-corrected chi connectivity index (χ0v) is 14.4. The van der Waals surface area contributed by atoms with Gasteiger partial charge in [-0.15, -0.1) is 5.10 Å². The van der Waals surface area contributed by atoms with E-state index in [-0.39, 0.29) is 24.3 Å². The lowest BCUT2D eigenvalue weighted by atomic mass is 10.0. The third-order valence-electron chi connectivity index (χ3n) is 4.37. The fourth-order valence-corrected chi connectivity index (χ4v) is 2.97. The highest BCUT2D eigenvalue weighted by atomic mass is 19.1. The lowest BCUT2D eigenvalue weighted by molar-refractivity contribution is -0.122. The van der Waals surface area contributed by atoms with Gasteiger partial charge in [-0.25, -0.2) is 9.07 Å². The summed E-state index contributed by atoms with van der Waals surface area (Å²) < 4.78 is 15.2. The first-order chi connectivity index (χ1) is 12.0. The number of rotatable bonds is 5. The molecule has 3 rings (SSSR count). The fourth-order valence-electron chi connectivity index (χ4n) is 2.97. The topological polar surface area (TPSA) is 79.2 Å². The summed E-state index contributed by atoms with van der Waals surface area (Å²) in [7, 11) is 2.09. The smallest absolute Gasteiger partial charge is 0.242 e. The van der Waals surface area contributed by atoms with Crippen molar-refractivity contribution in [3.8, 4) is 0 Å². The van der Waals surface area contributed by atoms with E-state index >= 15 is 0 Å². The van der Waals surface area contributed by atoms with Crippen molar-refractivity contribution in [3.05, 3.63) is 35.9 Å². The molecule has 1 N–H and O–H groups in total. The second-order valence-electron chi connectivity index (χ2n) is 6.29. The first kappa shape index (κ1) is 17.3. The van der Waals surface area contributed by atoms with Gasteiger partial charge in [-0.2, -0.15) is 0 Å².